The molecule has 1 fully saturated rings. The minimum atomic E-state index is -0.314. The normalized spacial score (nSPS) is 25.8. The van der Waals surface area contributed by atoms with Crippen molar-refractivity contribution in [2.45, 2.75) is 46.2 Å². The van der Waals surface area contributed by atoms with Crippen molar-refractivity contribution in [3.8, 4) is 0 Å². The summed E-state index contributed by atoms with van der Waals surface area (Å²) in [7, 11) is 0. The molecule has 0 saturated carbocycles. The quantitative estimate of drug-likeness (QED) is 0.157. The summed E-state index contributed by atoms with van der Waals surface area (Å²) < 4.78 is 20.1. The van der Waals surface area contributed by atoms with Gasteiger partial charge in [-0.05, 0) is 16.7 Å². The monoisotopic (exact) mass is 694 g/mol. The maximum atomic E-state index is 6.59. The number of benzene rings is 3. The molecule has 182 valence electrons. The third-order valence-corrected chi connectivity index (χ3v) is 9.92. The van der Waals surface area contributed by atoms with Gasteiger partial charge in [0, 0.05) is 6.54 Å². The molecule has 2 unspecified atom stereocenters. The molecule has 5 atom stereocenters. The van der Waals surface area contributed by atoms with Crippen LogP contribution in [0.2, 0.25) is 0 Å². The molecule has 0 N–H and O–H groups in total. The van der Waals surface area contributed by atoms with Crippen LogP contribution in [0.25, 0.3) is 0 Å². The minimum Gasteiger partial charge on any atom is -0.369 e. The lowest BCUT2D eigenvalue weighted by molar-refractivity contribution is -0.149. The van der Waals surface area contributed by atoms with E-state index in [4.69, 9.17) is 19.2 Å². The van der Waals surface area contributed by atoms with E-state index in [1.807, 2.05) is 54.6 Å². The van der Waals surface area contributed by atoms with Crippen LogP contribution in [0.1, 0.15) is 16.7 Å². The van der Waals surface area contributed by atoms with E-state index in [1.54, 1.807) is 0 Å². The van der Waals surface area contributed by atoms with Gasteiger partial charge in [0.05, 0.1) is 19.8 Å². The van der Waals surface area contributed by atoms with Crippen molar-refractivity contribution in [2.24, 2.45) is 4.99 Å². The highest BCUT2D eigenvalue weighted by molar-refractivity contribution is 14.1. The second kappa shape index (κ2) is 12.1. The fraction of sp³-hybridized carbons (Fsp3) is 0.321. The van der Waals surface area contributed by atoms with Crippen LogP contribution in [0.15, 0.2) is 96.0 Å². The van der Waals surface area contributed by atoms with Crippen molar-refractivity contribution in [1.82, 2.24) is 4.90 Å². The van der Waals surface area contributed by atoms with Gasteiger partial charge >= 0.3 is 0 Å². The molecule has 0 aromatic heterocycles. The molecular formula is C28H28I2N2O3. The summed E-state index contributed by atoms with van der Waals surface area (Å²) in [5.41, 5.74) is 3.41. The Bertz CT molecular complexity index is 1100. The van der Waals surface area contributed by atoms with E-state index in [2.05, 4.69) is 86.5 Å². The number of ether oxygens (including phenoxy) is 3. The van der Waals surface area contributed by atoms with E-state index in [1.165, 1.54) is 0 Å². The van der Waals surface area contributed by atoms with Crippen molar-refractivity contribution in [3.63, 3.8) is 0 Å². The number of piperidine rings is 1. The summed E-state index contributed by atoms with van der Waals surface area (Å²) in [6.07, 6.45) is -0.744. The Morgan fingerprint density at radius 2 is 1.17 bits per heavy atom. The molecule has 2 aliphatic rings. The fourth-order valence-electron chi connectivity index (χ4n) is 4.42. The molecule has 0 aliphatic carbocycles. The maximum Gasteiger partial charge on any atom is 0.144 e. The molecule has 3 aromatic rings. The molecule has 3 aromatic carbocycles. The Hall–Kier alpha value is -1.53. The largest absolute Gasteiger partial charge is 0.369 e. The van der Waals surface area contributed by atoms with E-state index in [9.17, 15) is 0 Å². The lowest BCUT2D eigenvalue weighted by Crippen LogP contribution is -2.61. The van der Waals surface area contributed by atoms with Crippen molar-refractivity contribution < 1.29 is 14.2 Å². The summed E-state index contributed by atoms with van der Waals surface area (Å²) >= 11 is 4.90. The predicted octanol–water partition coefficient (Wildman–Crippen LogP) is 5.99. The Balaban J connectivity index is 1.40. The Kier molecular flexibility index (Phi) is 8.72. The molecule has 0 radical (unpaired) electrons. The number of hydrogen-bond donors (Lipinski definition) is 0. The average Bonchev–Trinajstić information content (AvgIpc) is 3.19. The lowest BCUT2D eigenvalue weighted by Gasteiger charge is -2.43. The molecule has 0 amide bonds. The molecule has 2 aliphatic heterocycles. The third kappa shape index (κ3) is 6.25. The zero-order valence-electron chi connectivity index (χ0n) is 19.3. The Morgan fingerprint density at radius 1 is 0.686 bits per heavy atom. The van der Waals surface area contributed by atoms with Crippen LogP contribution in [-0.4, -0.2) is 43.7 Å². The first-order valence-corrected chi connectivity index (χ1v) is 14.3. The maximum absolute atomic E-state index is 6.59. The highest BCUT2D eigenvalue weighted by Gasteiger charge is 2.49. The minimum absolute atomic E-state index is 0.155. The van der Waals surface area contributed by atoms with Gasteiger partial charge in [0.15, 0.2) is 0 Å². The predicted molar refractivity (Wildman–Crippen MR) is 155 cm³/mol. The highest BCUT2D eigenvalue weighted by atomic mass is 127. The van der Waals surface area contributed by atoms with Crippen LogP contribution in [0, 0.1) is 0 Å². The molecule has 1 saturated heterocycles. The van der Waals surface area contributed by atoms with Crippen LogP contribution in [-0.2, 0) is 34.0 Å². The van der Waals surface area contributed by atoms with Crippen LogP contribution >= 0.6 is 45.2 Å². The molecule has 35 heavy (non-hydrogen) atoms. The van der Waals surface area contributed by atoms with E-state index in [0.29, 0.717) is 19.8 Å². The molecule has 0 spiro atoms. The Morgan fingerprint density at radius 3 is 1.71 bits per heavy atom. The molecular weight excluding hydrogens is 666 g/mol. The van der Waals surface area contributed by atoms with Crippen molar-refractivity contribution in [2.75, 3.05) is 6.54 Å². The van der Waals surface area contributed by atoms with Gasteiger partial charge < -0.3 is 19.1 Å². The summed E-state index contributed by atoms with van der Waals surface area (Å²) in [6, 6.07) is 30.8. The molecule has 2 heterocycles. The second-order valence-corrected chi connectivity index (χ2v) is 11.3. The number of alkyl halides is 2. The number of fused-ring (bicyclic) bond motifs is 1. The third-order valence-electron chi connectivity index (χ3n) is 6.24. The first kappa shape index (κ1) is 25.1. The number of halogens is 2. The average molecular weight is 694 g/mol. The van der Waals surface area contributed by atoms with Gasteiger partial charge in [-0.1, -0.05) is 136 Å². The van der Waals surface area contributed by atoms with Crippen LogP contribution in [0.4, 0.5) is 0 Å². The van der Waals surface area contributed by atoms with Gasteiger partial charge in [0.25, 0.3) is 0 Å². The number of nitrogens with zero attached hydrogens (tertiary/aromatic N) is 2. The molecule has 0 bridgehead atoms. The molecule has 7 heteroatoms. The van der Waals surface area contributed by atoms with Gasteiger partial charge in [-0.15, -0.1) is 0 Å². The standard InChI is InChI=1S/C28H28I2N2O3/c29-26-27(30)32-16-23(33-17-20-10-4-1-5-11-20)24(34-18-21-12-6-2-7-13-21)25(28(32)31-26)35-19-22-14-8-3-9-15-22/h1-15,23-27H,16-19H2/t23-,24-,25+,26?,27?/m0/s1. The van der Waals surface area contributed by atoms with Gasteiger partial charge in [-0.3, -0.25) is 4.99 Å². The summed E-state index contributed by atoms with van der Waals surface area (Å²) in [6.45, 7) is 2.24. The topological polar surface area (TPSA) is 43.3 Å². The van der Waals surface area contributed by atoms with Crippen LogP contribution in [0.5, 0.6) is 0 Å². The molecule has 5 rings (SSSR count). The SMILES string of the molecule is IC1N=C2[C@H](OCc3ccccc3)[C@@H](OCc3ccccc3)[C@@H](OCc3ccccc3)CN2C1I. The van der Waals surface area contributed by atoms with Gasteiger partial charge in [-0.2, -0.15) is 0 Å². The van der Waals surface area contributed by atoms with E-state index >= 15 is 0 Å². The summed E-state index contributed by atoms with van der Waals surface area (Å²) in [4.78, 5) is 7.34. The second-order valence-electron chi connectivity index (χ2n) is 8.70. The van der Waals surface area contributed by atoms with E-state index in [-0.39, 0.29) is 26.4 Å². The van der Waals surface area contributed by atoms with Crippen LogP contribution in [0.3, 0.4) is 0 Å². The van der Waals surface area contributed by atoms with E-state index in [0.717, 1.165) is 29.1 Å². The van der Waals surface area contributed by atoms with Gasteiger partial charge in [0.2, 0.25) is 0 Å². The number of amidine groups is 1. The fourth-order valence-corrected chi connectivity index (χ4v) is 5.77. The summed E-state index contributed by atoms with van der Waals surface area (Å²) in [5.74, 6) is 0.970. The first-order chi connectivity index (χ1) is 17.2. The van der Waals surface area contributed by atoms with Gasteiger partial charge in [0.1, 0.15) is 32.2 Å². The smallest absolute Gasteiger partial charge is 0.144 e. The van der Waals surface area contributed by atoms with Crippen molar-refractivity contribution >= 4 is 51.0 Å². The Labute approximate surface area is 234 Å². The van der Waals surface area contributed by atoms with Gasteiger partial charge in [-0.25, -0.2) is 0 Å². The zero-order valence-corrected chi connectivity index (χ0v) is 23.6. The zero-order chi connectivity index (χ0) is 24.0. The van der Waals surface area contributed by atoms with E-state index < -0.39 is 0 Å². The lowest BCUT2D eigenvalue weighted by atomic mass is 9.99. The van der Waals surface area contributed by atoms with Crippen LogP contribution < -0.4 is 0 Å². The number of hydrogen-bond acceptors (Lipinski definition) is 5. The van der Waals surface area contributed by atoms with Crippen molar-refractivity contribution in [1.29, 1.82) is 0 Å². The van der Waals surface area contributed by atoms with Crippen molar-refractivity contribution in [3.05, 3.63) is 108 Å². The first-order valence-electron chi connectivity index (χ1n) is 11.8. The molecule has 5 nitrogen and oxygen atoms in total. The number of rotatable bonds is 9. The highest BCUT2D eigenvalue weighted by Crippen LogP contribution is 2.36. The summed E-state index contributed by atoms with van der Waals surface area (Å²) in [5, 5.41) is 0. The number of aliphatic imine (C=N–C) groups is 1.